The minimum Gasteiger partial charge on any atom is -0.489 e. The quantitative estimate of drug-likeness (QED) is 0.0259. The van der Waals surface area contributed by atoms with Gasteiger partial charge in [0.1, 0.15) is 42.5 Å². The first kappa shape index (κ1) is 55.3. The minimum atomic E-state index is -0.950. The molecule has 0 bridgehead atoms. The van der Waals surface area contributed by atoms with Crippen molar-refractivity contribution in [3.05, 3.63) is 64.8 Å². The van der Waals surface area contributed by atoms with Crippen LogP contribution in [0.25, 0.3) is 33.4 Å². The van der Waals surface area contributed by atoms with Crippen LogP contribution in [0.1, 0.15) is 34.6 Å². The second kappa shape index (κ2) is 28.2. The van der Waals surface area contributed by atoms with Crippen LogP contribution in [0, 0.1) is 0 Å². The highest BCUT2D eigenvalue weighted by molar-refractivity contribution is 6.02. The molecular weight excluding hydrogens is 948 g/mol. The van der Waals surface area contributed by atoms with Crippen LogP contribution in [0.2, 0.25) is 0 Å². The maximum atomic E-state index is 13.1. The fraction of sp³-hybridized carbons (Fsp3) is 0.391. The summed E-state index contributed by atoms with van der Waals surface area (Å²) in [5.41, 5.74) is 1.51. The molecule has 382 valence electrons. The fourth-order valence-corrected chi connectivity index (χ4v) is 6.00. The Bertz CT molecular complexity index is 2500. The van der Waals surface area contributed by atoms with Gasteiger partial charge in [-0.15, -0.1) is 0 Å². The standard InChI is InChI=1S/C46H50N2O23/c1-28(49)61-23-66-35-8-10-37-40(18-35)71-39-17-34(54)7-9-36(39)46(37)33-6-11-38(48(21-44(57)69-26-64-31(4)52)22-45(58)70-27-65-32(5)53)41(16-33)60-15-14-59-13-12-47(19-42(55)67-24-62-29(2)50)20-43(56)68-25-63-30(3)51/h6-11,16-18H,12-15,19-27H2,1-5H3. The summed E-state index contributed by atoms with van der Waals surface area (Å²) in [5, 5.41) is 0.521. The number of hydrogen-bond acceptors (Lipinski definition) is 25. The van der Waals surface area contributed by atoms with Crippen molar-refractivity contribution in [2.24, 2.45) is 0 Å². The van der Waals surface area contributed by atoms with E-state index in [0.29, 0.717) is 22.1 Å². The molecule has 1 heterocycles. The Balaban J connectivity index is 1.68. The Labute approximate surface area is 403 Å². The normalized spacial score (nSPS) is 10.7. The van der Waals surface area contributed by atoms with E-state index in [2.05, 4.69) is 9.47 Å². The summed E-state index contributed by atoms with van der Waals surface area (Å²) in [6, 6.07) is 13.7. The zero-order valence-corrected chi connectivity index (χ0v) is 39.2. The highest BCUT2D eigenvalue weighted by Crippen LogP contribution is 2.43. The third-order valence-electron chi connectivity index (χ3n) is 9.05. The van der Waals surface area contributed by atoms with E-state index in [1.165, 1.54) is 41.0 Å². The van der Waals surface area contributed by atoms with Crippen LogP contribution >= 0.6 is 0 Å². The molecule has 2 aromatic carbocycles. The van der Waals surface area contributed by atoms with Gasteiger partial charge in [0.25, 0.3) is 0 Å². The molecule has 25 nitrogen and oxygen atoms in total. The van der Waals surface area contributed by atoms with Crippen molar-refractivity contribution in [1.29, 1.82) is 0 Å². The minimum absolute atomic E-state index is 0.0446. The largest absolute Gasteiger partial charge is 0.489 e. The van der Waals surface area contributed by atoms with Gasteiger partial charge in [0.2, 0.25) is 34.0 Å². The lowest BCUT2D eigenvalue weighted by Crippen LogP contribution is -2.38. The zero-order valence-electron chi connectivity index (χ0n) is 39.2. The summed E-state index contributed by atoms with van der Waals surface area (Å²) in [6.45, 7) is -0.282. The number of anilines is 1. The summed E-state index contributed by atoms with van der Waals surface area (Å²) in [4.78, 5) is 122. The smallest absolute Gasteiger partial charge is 0.328 e. The maximum Gasteiger partial charge on any atom is 0.328 e. The average molecular weight is 999 g/mol. The molecule has 1 aliphatic heterocycles. The number of nitrogens with zero attached hydrogens (tertiary/aromatic N) is 2. The van der Waals surface area contributed by atoms with Crippen LogP contribution in [0.15, 0.2) is 63.8 Å². The highest BCUT2D eigenvalue weighted by atomic mass is 16.7. The molecule has 0 unspecified atom stereocenters. The number of fused-ring (bicyclic) bond motifs is 2. The summed E-state index contributed by atoms with van der Waals surface area (Å²) < 4.78 is 67.2. The number of rotatable bonds is 28. The molecule has 25 heteroatoms. The number of hydrogen-bond donors (Lipinski definition) is 0. The van der Waals surface area contributed by atoms with Crippen molar-refractivity contribution in [1.82, 2.24) is 4.90 Å². The molecule has 0 fully saturated rings. The number of ether oxygens (including phenoxy) is 12. The van der Waals surface area contributed by atoms with Crippen molar-refractivity contribution < 1.29 is 104 Å². The van der Waals surface area contributed by atoms with Crippen LogP contribution < -0.4 is 19.8 Å². The van der Waals surface area contributed by atoms with Crippen molar-refractivity contribution in [2.75, 3.05) is 91.4 Å². The first-order chi connectivity index (χ1) is 33.9. The molecule has 0 amide bonds. The van der Waals surface area contributed by atoms with Gasteiger partial charge in [-0.05, 0) is 42.0 Å². The van der Waals surface area contributed by atoms with Gasteiger partial charge in [-0.25, -0.2) is 0 Å². The first-order valence-corrected chi connectivity index (χ1v) is 21.1. The third-order valence-corrected chi connectivity index (χ3v) is 9.05. The average Bonchev–Trinajstić information content (AvgIpc) is 3.28. The fourth-order valence-electron chi connectivity index (χ4n) is 6.00. The van der Waals surface area contributed by atoms with Gasteiger partial charge in [-0.1, -0.05) is 6.07 Å². The van der Waals surface area contributed by atoms with E-state index < -0.39 is 107 Å². The molecule has 1 aliphatic carbocycles. The van der Waals surface area contributed by atoms with Crippen molar-refractivity contribution >= 4 is 70.4 Å². The Kier molecular flexibility index (Phi) is 22.0. The van der Waals surface area contributed by atoms with Gasteiger partial charge in [-0.3, -0.25) is 52.8 Å². The number of carbonyl (C=O) groups is 9. The van der Waals surface area contributed by atoms with E-state index in [9.17, 15) is 47.9 Å². The Hall–Kier alpha value is -8.32. The maximum absolute atomic E-state index is 13.1. The molecule has 0 saturated heterocycles. The van der Waals surface area contributed by atoms with E-state index in [1.54, 1.807) is 30.3 Å². The second-order valence-corrected chi connectivity index (χ2v) is 14.5. The molecule has 2 aromatic rings. The molecule has 0 spiro atoms. The van der Waals surface area contributed by atoms with Crippen LogP contribution in [0.3, 0.4) is 0 Å². The van der Waals surface area contributed by atoms with E-state index in [-0.39, 0.29) is 67.1 Å². The molecule has 0 atom stereocenters. The van der Waals surface area contributed by atoms with Crippen molar-refractivity contribution in [2.45, 2.75) is 34.6 Å². The van der Waals surface area contributed by atoms with Gasteiger partial charge in [-0.2, -0.15) is 0 Å². The van der Waals surface area contributed by atoms with Gasteiger partial charge in [0.15, 0.2) is 5.43 Å². The SMILES string of the molecule is CC(=O)OCOC(=O)CN(CCOCCOc1cc(-c2c3ccc(=O)cc-3oc3cc(OCOC(C)=O)ccc23)ccc1N(CC(=O)OCOC(C)=O)CC(=O)OCOC(C)=O)CC(=O)OCOC(C)=O. The zero-order chi connectivity index (χ0) is 51.9. The molecule has 71 heavy (non-hydrogen) atoms. The molecule has 0 radical (unpaired) electrons. The summed E-state index contributed by atoms with van der Waals surface area (Å²) in [7, 11) is 0. The molecule has 0 saturated carbocycles. The van der Waals surface area contributed by atoms with Gasteiger partial charge >= 0.3 is 53.7 Å². The monoisotopic (exact) mass is 998 g/mol. The van der Waals surface area contributed by atoms with Gasteiger partial charge in [0.05, 0.1) is 32.0 Å². The van der Waals surface area contributed by atoms with Crippen LogP contribution in [0.5, 0.6) is 11.5 Å². The molecule has 0 N–H and O–H groups in total. The predicted molar refractivity (Wildman–Crippen MR) is 238 cm³/mol. The van der Waals surface area contributed by atoms with Crippen LogP contribution in [-0.2, 0) is 90.5 Å². The van der Waals surface area contributed by atoms with Crippen molar-refractivity contribution in [3.8, 4) is 33.9 Å². The van der Waals surface area contributed by atoms with E-state index >= 15 is 0 Å². The number of benzene rings is 3. The Morgan fingerprint density at radius 3 is 1.56 bits per heavy atom. The van der Waals surface area contributed by atoms with Crippen LogP contribution in [-0.4, -0.2) is 145 Å². The Morgan fingerprint density at radius 1 is 0.507 bits per heavy atom. The molecular formula is C46H50N2O23. The summed E-state index contributed by atoms with van der Waals surface area (Å²) >= 11 is 0. The topological polar surface area (TPSA) is 301 Å². The van der Waals surface area contributed by atoms with E-state index in [1.807, 2.05) is 0 Å². The highest BCUT2D eigenvalue weighted by Gasteiger charge is 2.25. The first-order valence-electron chi connectivity index (χ1n) is 21.1. The predicted octanol–water partition coefficient (Wildman–Crippen LogP) is 2.22. The van der Waals surface area contributed by atoms with Crippen molar-refractivity contribution in [3.63, 3.8) is 0 Å². The number of esters is 9. The molecule has 0 aromatic heterocycles. The van der Waals surface area contributed by atoms with E-state index in [4.69, 9.17) is 51.8 Å². The lowest BCUT2D eigenvalue weighted by atomic mass is 9.93. The van der Waals surface area contributed by atoms with Crippen LogP contribution in [0.4, 0.5) is 5.69 Å². The second-order valence-electron chi connectivity index (χ2n) is 14.5. The molecule has 4 rings (SSSR count). The lowest BCUT2D eigenvalue weighted by molar-refractivity contribution is -0.170. The summed E-state index contributed by atoms with van der Waals surface area (Å²) in [6.07, 6.45) is 0. The molecule has 2 aliphatic rings. The number of carbonyl (C=O) groups excluding carboxylic acids is 9. The van der Waals surface area contributed by atoms with Gasteiger partial charge in [0, 0.05) is 69.8 Å². The Morgan fingerprint density at radius 2 is 1.03 bits per heavy atom. The van der Waals surface area contributed by atoms with E-state index in [0.717, 1.165) is 27.7 Å². The van der Waals surface area contributed by atoms with Gasteiger partial charge < -0.3 is 66.2 Å². The third kappa shape index (κ3) is 19.7. The lowest BCUT2D eigenvalue weighted by Gasteiger charge is -2.26. The summed E-state index contributed by atoms with van der Waals surface area (Å²) in [5.74, 6) is -6.53.